The van der Waals surface area contributed by atoms with Gasteiger partial charge in [-0.3, -0.25) is 4.79 Å². The van der Waals surface area contributed by atoms with Crippen molar-refractivity contribution >= 4 is 15.9 Å². The molecule has 1 amide bonds. The standard InChI is InChI=1S/C18H16N2O3S/c19-13-14-7-9-16(10-8-14)24(22,23)20-17(21)18(11-4-12-18)15-5-2-1-3-6-15/h1-3,5-10H,4,11-12H2,(H,20,21). The van der Waals surface area contributed by atoms with Crippen molar-refractivity contribution in [2.24, 2.45) is 0 Å². The molecule has 1 N–H and O–H groups in total. The van der Waals surface area contributed by atoms with Crippen LogP contribution in [0.15, 0.2) is 59.5 Å². The van der Waals surface area contributed by atoms with Crippen LogP contribution < -0.4 is 4.72 Å². The van der Waals surface area contributed by atoms with Crippen LogP contribution in [0.2, 0.25) is 0 Å². The number of nitrogens with zero attached hydrogens (tertiary/aromatic N) is 1. The first-order chi connectivity index (χ1) is 11.5. The molecule has 24 heavy (non-hydrogen) atoms. The topological polar surface area (TPSA) is 87.0 Å². The number of rotatable bonds is 4. The number of carbonyl (C=O) groups is 1. The van der Waals surface area contributed by atoms with Crippen molar-refractivity contribution in [3.05, 3.63) is 65.7 Å². The van der Waals surface area contributed by atoms with E-state index in [0.29, 0.717) is 18.4 Å². The number of carbonyl (C=O) groups excluding carboxylic acids is 1. The van der Waals surface area contributed by atoms with E-state index < -0.39 is 21.3 Å². The van der Waals surface area contributed by atoms with E-state index in [-0.39, 0.29) is 4.90 Å². The molecule has 1 aliphatic rings. The molecule has 0 radical (unpaired) electrons. The Morgan fingerprint density at radius 3 is 2.17 bits per heavy atom. The van der Waals surface area contributed by atoms with Crippen LogP contribution in [0.5, 0.6) is 0 Å². The third-order valence-corrected chi connectivity index (χ3v) is 5.84. The van der Waals surface area contributed by atoms with E-state index in [9.17, 15) is 13.2 Å². The summed E-state index contributed by atoms with van der Waals surface area (Å²) < 4.78 is 27.1. The molecule has 0 aliphatic heterocycles. The van der Waals surface area contributed by atoms with Crippen molar-refractivity contribution in [2.45, 2.75) is 29.6 Å². The molecule has 0 bridgehead atoms. The molecule has 0 aromatic heterocycles. The van der Waals surface area contributed by atoms with Crippen LogP contribution in [0.25, 0.3) is 0 Å². The third kappa shape index (κ3) is 2.79. The van der Waals surface area contributed by atoms with Gasteiger partial charge in [-0.25, -0.2) is 13.1 Å². The Hall–Kier alpha value is -2.65. The van der Waals surface area contributed by atoms with Crippen molar-refractivity contribution in [3.63, 3.8) is 0 Å². The van der Waals surface area contributed by atoms with E-state index in [1.807, 2.05) is 36.4 Å². The minimum absolute atomic E-state index is 0.0302. The number of hydrogen-bond donors (Lipinski definition) is 1. The van der Waals surface area contributed by atoms with E-state index in [1.165, 1.54) is 24.3 Å². The Morgan fingerprint density at radius 2 is 1.67 bits per heavy atom. The van der Waals surface area contributed by atoms with Crippen molar-refractivity contribution in [1.29, 1.82) is 5.26 Å². The van der Waals surface area contributed by atoms with E-state index >= 15 is 0 Å². The van der Waals surface area contributed by atoms with Gasteiger partial charge in [0, 0.05) is 0 Å². The molecule has 0 spiro atoms. The minimum Gasteiger partial charge on any atom is -0.273 e. The average molecular weight is 340 g/mol. The zero-order valence-corrected chi connectivity index (χ0v) is 13.7. The highest BCUT2D eigenvalue weighted by atomic mass is 32.2. The van der Waals surface area contributed by atoms with Crippen molar-refractivity contribution in [3.8, 4) is 6.07 Å². The van der Waals surface area contributed by atoms with Crippen LogP contribution in [0.3, 0.4) is 0 Å². The fourth-order valence-corrected chi connectivity index (χ4v) is 3.97. The lowest BCUT2D eigenvalue weighted by atomic mass is 9.64. The lowest BCUT2D eigenvalue weighted by Gasteiger charge is -2.40. The Morgan fingerprint density at radius 1 is 1.04 bits per heavy atom. The summed E-state index contributed by atoms with van der Waals surface area (Å²) in [7, 11) is -3.96. The molecule has 0 saturated heterocycles. The first-order valence-electron chi connectivity index (χ1n) is 7.61. The summed E-state index contributed by atoms with van der Waals surface area (Å²) in [5.41, 5.74) is 0.421. The Balaban J connectivity index is 1.86. The molecule has 3 rings (SSSR count). The van der Waals surface area contributed by atoms with Gasteiger partial charge in [-0.1, -0.05) is 36.8 Å². The molecule has 0 heterocycles. The first kappa shape index (κ1) is 16.2. The highest BCUT2D eigenvalue weighted by Gasteiger charge is 2.46. The second-order valence-electron chi connectivity index (χ2n) is 5.87. The number of amides is 1. The summed E-state index contributed by atoms with van der Waals surface area (Å²) in [5, 5.41) is 8.78. The lowest BCUT2D eigenvalue weighted by molar-refractivity contribution is -0.128. The maximum Gasteiger partial charge on any atom is 0.264 e. The Labute approximate surface area is 141 Å². The number of nitrogens with one attached hydrogen (secondary N) is 1. The second-order valence-corrected chi connectivity index (χ2v) is 7.55. The highest BCUT2D eigenvalue weighted by molar-refractivity contribution is 7.90. The molecular weight excluding hydrogens is 324 g/mol. The van der Waals surface area contributed by atoms with Crippen LogP contribution in [-0.4, -0.2) is 14.3 Å². The summed E-state index contributed by atoms with van der Waals surface area (Å²) in [6.07, 6.45) is 2.15. The molecule has 1 saturated carbocycles. The molecule has 0 atom stereocenters. The van der Waals surface area contributed by atoms with Gasteiger partial charge >= 0.3 is 0 Å². The van der Waals surface area contributed by atoms with Crippen molar-refractivity contribution < 1.29 is 13.2 Å². The fourth-order valence-electron chi connectivity index (χ4n) is 2.92. The minimum atomic E-state index is -3.96. The Bertz CT molecular complexity index is 894. The van der Waals surface area contributed by atoms with Gasteiger partial charge in [0.2, 0.25) is 5.91 Å². The zero-order valence-electron chi connectivity index (χ0n) is 12.9. The summed E-state index contributed by atoms with van der Waals surface area (Å²) in [6.45, 7) is 0. The van der Waals surface area contributed by atoms with Gasteiger partial charge in [0.1, 0.15) is 0 Å². The molecule has 1 aliphatic carbocycles. The quantitative estimate of drug-likeness (QED) is 0.926. The van der Waals surface area contributed by atoms with Crippen LogP contribution >= 0.6 is 0 Å². The third-order valence-electron chi connectivity index (χ3n) is 4.49. The van der Waals surface area contributed by atoms with Crippen LogP contribution in [-0.2, 0) is 20.2 Å². The first-order valence-corrected chi connectivity index (χ1v) is 9.09. The van der Waals surface area contributed by atoms with Crippen LogP contribution in [0, 0.1) is 11.3 Å². The second kappa shape index (κ2) is 6.10. The van der Waals surface area contributed by atoms with Gasteiger partial charge in [0.05, 0.1) is 21.9 Å². The molecular formula is C18H16N2O3S. The van der Waals surface area contributed by atoms with Gasteiger partial charge in [0.25, 0.3) is 10.0 Å². The normalized spacial score (nSPS) is 15.8. The van der Waals surface area contributed by atoms with Gasteiger partial charge in [0.15, 0.2) is 0 Å². The molecule has 1 fully saturated rings. The van der Waals surface area contributed by atoms with E-state index in [1.54, 1.807) is 0 Å². The van der Waals surface area contributed by atoms with E-state index in [2.05, 4.69) is 4.72 Å². The smallest absolute Gasteiger partial charge is 0.264 e. The monoisotopic (exact) mass is 340 g/mol. The molecule has 0 unspecified atom stereocenters. The fraction of sp³-hybridized carbons (Fsp3) is 0.222. The van der Waals surface area contributed by atoms with Gasteiger partial charge in [-0.15, -0.1) is 0 Å². The SMILES string of the molecule is N#Cc1ccc(S(=O)(=O)NC(=O)C2(c3ccccc3)CCC2)cc1. The highest BCUT2D eigenvalue weighted by Crippen LogP contribution is 2.44. The Kier molecular flexibility index (Phi) is 4.12. The summed E-state index contributed by atoms with van der Waals surface area (Å²) in [6, 6.07) is 16.7. The molecule has 5 nitrogen and oxygen atoms in total. The summed E-state index contributed by atoms with van der Waals surface area (Å²) >= 11 is 0. The molecule has 2 aromatic carbocycles. The average Bonchev–Trinajstić information content (AvgIpc) is 2.54. The van der Waals surface area contributed by atoms with Crippen molar-refractivity contribution in [2.75, 3.05) is 0 Å². The van der Waals surface area contributed by atoms with E-state index in [4.69, 9.17) is 5.26 Å². The number of hydrogen-bond acceptors (Lipinski definition) is 4. The van der Waals surface area contributed by atoms with Crippen molar-refractivity contribution in [1.82, 2.24) is 4.72 Å². The van der Waals surface area contributed by atoms with Gasteiger partial charge in [-0.05, 0) is 42.7 Å². The maximum absolute atomic E-state index is 12.7. The number of sulfonamides is 1. The predicted octanol–water partition coefficient (Wildman–Crippen LogP) is 2.49. The maximum atomic E-state index is 12.7. The zero-order chi connectivity index (χ0) is 17.2. The summed E-state index contributed by atoms with van der Waals surface area (Å²) in [5.74, 6) is -0.496. The largest absolute Gasteiger partial charge is 0.273 e. The lowest BCUT2D eigenvalue weighted by Crippen LogP contribution is -2.50. The number of benzene rings is 2. The summed E-state index contributed by atoms with van der Waals surface area (Å²) in [4.78, 5) is 12.7. The van der Waals surface area contributed by atoms with Gasteiger partial charge < -0.3 is 0 Å². The molecule has 2 aromatic rings. The molecule has 6 heteroatoms. The van der Waals surface area contributed by atoms with Crippen LogP contribution in [0.1, 0.15) is 30.4 Å². The van der Waals surface area contributed by atoms with E-state index in [0.717, 1.165) is 12.0 Å². The van der Waals surface area contributed by atoms with Gasteiger partial charge in [-0.2, -0.15) is 5.26 Å². The molecule has 122 valence electrons. The van der Waals surface area contributed by atoms with Crippen LogP contribution in [0.4, 0.5) is 0 Å². The predicted molar refractivity (Wildman–Crippen MR) is 88.5 cm³/mol. The number of nitriles is 1.